The molecule has 2 nitrogen and oxygen atoms in total. The number of pyridine rings is 1. The molecule has 1 heterocycles. The number of ketones is 1. The molecule has 0 unspecified atom stereocenters. The summed E-state index contributed by atoms with van der Waals surface area (Å²) in [4.78, 5) is 15.8. The molecule has 0 N–H and O–H groups in total. The Bertz CT molecular complexity index is 337. The Hall–Kier alpha value is -1.44. The molecule has 1 aromatic rings. The summed E-state index contributed by atoms with van der Waals surface area (Å²) in [5.41, 5.74) is 1.69. The zero-order chi connectivity index (χ0) is 10.6. The molecule has 0 bridgehead atoms. The lowest BCUT2D eigenvalue weighted by Gasteiger charge is -2.04. The Balaban J connectivity index is 2.82. The van der Waals surface area contributed by atoms with Gasteiger partial charge in [0, 0.05) is 12.1 Å². The standard InChI is InChI=1S/C12H15NO/c1-9(2)8-10(3)12(14)11-6-4-5-7-13-11/h4-8,10H,1-3H3/t10-/m0/s1. The van der Waals surface area contributed by atoms with Crippen molar-refractivity contribution in [2.24, 2.45) is 5.92 Å². The van der Waals surface area contributed by atoms with E-state index in [0.29, 0.717) is 5.69 Å². The van der Waals surface area contributed by atoms with E-state index in [1.54, 1.807) is 12.3 Å². The average molecular weight is 189 g/mol. The molecule has 0 saturated carbocycles. The summed E-state index contributed by atoms with van der Waals surface area (Å²) in [6, 6.07) is 5.38. The normalized spacial score (nSPS) is 11.9. The molecular formula is C12H15NO. The largest absolute Gasteiger partial charge is 0.292 e. The number of rotatable bonds is 3. The maximum absolute atomic E-state index is 11.8. The van der Waals surface area contributed by atoms with E-state index < -0.39 is 0 Å². The van der Waals surface area contributed by atoms with Crippen LogP contribution in [0.4, 0.5) is 0 Å². The van der Waals surface area contributed by atoms with Gasteiger partial charge in [-0.3, -0.25) is 9.78 Å². The van der Waals surface area contributed by atoms with Gasteiger partial charge < -0.3 is 0 Å². The molecule has 14 heavy (non-hydrogen) atoms. The van der Waals surface area contributed by atoms with Gasteiger partial charge >= 0.3 is 0 Å². The summed E-state index contributed by atoms with van der Waals surface area (Å²) < 4.78 is 0. The van der Waals surface area contributed by atoms with E-state index in [1.807, 2.05) is 39.0 Å². The van der Waals surface area contributed by atoms with Gasteiger partial charge in [-0.1, -0.05) is 24.6 Å². The van der Waals surface area contributed by atoms with Gasteiger partial charge in [-0.05, 0) is 26.0 Å². The third-order valence-electron chi connectivity index (χ3n) is 1.91. The van der Waals surface area contributed by atoms with Gasteiger partial charge in [0.25, 0.3) is 0 Å². The zero-order valence-electron chi connectivity index (χ0n) is 8.82. The fourth-order valence-corrected chi connectivity index (χ4v) is 1.32. The molecule has 0 aromatic carbocycles. The van der Waals surface area contributed by atoms with E-state index >= 15 is 0 Å². The number of aromatic nitrogens is 1. The van der Waals surface area contributed by atoms with Crippen molar-refractivity contribution in [3.8, 4) is 0 Å². The lowest BCUT2D eigenvalue weighted by atomic mass is 10.0. The van der Waals surface area contributed by atoms with Crippen molar-refractivity contribution in [2.45, 2.75) is 20.8 Å². The minimum Gasteiger partial charge on any atom is -0.292 e. The van der Waals surface area contributed by atoms with Crippen LogP contribution in [-0.2, 0) is 0 Å². The van der Waals surface area contributed by atoms with Crippen molar-refractivity contribution in [3.05, 3.63) is 41.7 Å². The highest BCUT2D eigenvalue weighted by molar-refractivity contribution is 5.96. The molecule has 0 aliphatic carbocycles. The van der Waals surface area contributed by atoms with E-state index in [-0.39, 0.29) is 11.7 Å². The monoisotopic (exact) mass is 189 g/mol. The van der Waals surface area contributed by atoms with Gasteiger partial charge in [0.2, 0.25) is 0 Å². The predicted molar refractivity (Wildman–Crippen MR) is 57.2 cm³/mol. The van der Waals surface area contributed by atoms with Gasteiger partial charge in [-0.2, -0.15) is 0 Å². The van der Waals surface area contributed by atoms with Crippen molar-refractivity contribution >= 4 is 5.78 Å². The first-order valence-corrected chi connectivity index (χ1v) is 4.71. The molecule has 1 aromatic heterocycles. The number of Topliss-reactive ketones (excluding diaryl/α,β-unsaturated/α-hetero) is 1. The van der Waals surface area contributed by atoms with Gasteiger partial charge in [0.05, 0.1) is 0 Å². The first kappa shape index (κ1) is 10.6. The minimum atomic E-state index is -0.0881. The Kier molecular flexibility index (Phi) is 3.57. The Morgan fingerprint density at radius 1 is 1.43 bits per heavy atom. The average Bonchev–Trinajstić information content (AvgIpc) is 2.17. The molecule has 0 spiro atoms. The van der Waals surface area contributed by atoms with Crippen molar-refractivity contribution in [2.75, 3.05) is 0 Å². The summed E-state index contributed by atoms with van der Waals surface area (Å²) in [7, 11) is 0. The molecule has 0 amide bonds. The van der Waals surface area contributed by atoms with Crippen molar-refractivity contribution < 1.29 is 4.79 Å². The Morgan fingerprint density at radius 2 is 2.14 bits per heavy atom. The van der Waals surface area contributed by atoms with Crippen molar-refractivity contribution in [1.82, 2.24) is 4.98 Å². The summed E-state index contributed by atoms with van der Waals surface area (Å²) in [6.45, 7) is 5.87. The second-order valence-corrected chi connectivity index (χ2v) is 3.61. The third-order valence-corrected chi connectivity index (χ3v) is 1.91. The predicted octanol–water partition coefficient (Wildman–Crippen LogP) is 2.87. The Labute approximate surface area is 84.7 Å². The Morgan fingerprint density at radius 3 is 2.64 bits per heavy atom. The number of hydrogen-bond acceptors (Lipinski definition) is 2. The molecular weight excluding hydrogens is 174 g/mol. The van der Waals surface area contributed by atoms with Crippen molar-refractivity contribution in [1.29, 1.82) is 0 Å². The van der Waals surface area contributed by atoms with Gasteiger partial charge in [-0.25, -0.2) is 0 Å². The topological polar surface area (TPSA) is 30.0 Å². The van der Waals surface area contributed by atoms with E-state index in [9.17, 15) is 4.79 Å². The van der Waals surface area contributed by atoms with Crippen LogP contribution in [-0.4, -0.2) is 10.8 Å². The highest BCUT2D eigenvalue weighted by Crippen LogP contribution is 2.09. The van der Waals surface area contributed by atoms with Gasteiger partial charge in [0.15, 0.2) is 5.78 Å². The summed E-state index contributed by atoms with van der Waals surface area (Å²) in [5.74, 6) is -0.0123. The fourth-order valence-electron chi connectivity index (χ4n) is 1.32. The maximum Gasteiger partial charge on any atom is 0.187 e. The van der Waals surface area contributed by atoms with E-state index in [4.69, 9.17) is 0 Å². The summed E-state index contributed by atoms with van der Waals surface area (Å²) in [5, 5.41) is 0. The molecule has 74 valence electrons. The number of hydrogen-bond donors (Lipinski definition) is 0. The van der Waals surface area contributed by atoms with Crippen LogP contribution in [0.1, 0.15) is 31.3 Å². The second kappa shape index (κ2) is 4.70. The smallest absolute Gasteiger partial charge is 0.187 e. The van der Waals surface area contributed by atoms with Crippen molar-refractivity contribution in [3.63, 3.8) is 0 Å². The molecule has 2 heteroatoms. The maximum atomic E-state index is 11.8. The summed E-state index contributed by atoms with van der Waals surface area (Å²) in [6.07, 6.45) is 3.60. The molecule has 0 saturated heterocycles. The van der Waals surface area contributed by atoms with Gasteiger partial charge in [-0.15, -0.1) is 0 Å². The lowest BCUT2D eigenvalue weighted by molar-refractivity contribution is 0.0948. The van der Waals surface area contributed by atoms with E-state index in [1.165, 1.54) is 0 Å². The van der Waals surface area contributed by atoms with Crippen LogP contribution in [0.2, 0.25) is 0 Å². The molecule has 1 atom stereocenters. The van der Waals surface area contributed by atoms with Crippen LogP contribution in [0.5, 0.6) is 0 Å². The third kappa shape index (κ3) is 2.80. The van der Waals surface area contributed by atoms with Crippen LogP contribution >= 0.6 is 0 Å². The number of nitrogens with zero attached hydrogens (tertiary/aromatic N) is 1. The van der Waals surface area contributed by atoms with Crippen LogP contribution in [0, 0.1) is 5.92 Å². The van der Waals surface area contributed by atoms with E-state index in [2.05, 4.69) is 4.98 Å². The molecule has 0 aliphatic heterocycles. The summed E-state index contributed by atoms with van der Waals surface area (Å²) >= 11 is 0. The SMILES string of the molecule is CC(C)=C[C@H](C)C(=O)c1ccccn1. The second-order valence-electron chi connectivity index (χ2n) is 3.61. The van der Waals surface area contributed by atoms with Gasteiger partial charge in [0.1, 0.15) is 5.69 Å². The number of allylic oxidation sites excluding steroid dienone is 2. The number of carbonyl (C=O) groups excluding carboxylic acids is 1. The number of carbonyl (C=O) groups is 1. The fraction of sp³-hybridized carbons (Fsp3) is 0.333. The van der Waals surface area contributed by atoms with E-state index in [0.717, 1.165) is 5.57 Å². The molecule has 0 fully saturated rings. The highest BCUT2D eigenvalue weighted by Gasteiger charge is 2.12. The molecule has 1 rings (SSSR count). The van der Waals surface area contributed by atoms with Crippen LogP contribution < -0.4 is 0 Å². The van der Waals surface area contributed by atoms with Crippen LogP contribution in [0.25, 0.3) is 0 Å². The highest BCUT2D eigenvalue weighted by atomic mass is 16.1. The van der Waals surface area contributed by atoms with Crippen LogP contribution in [0.15, 0.2) is 36.0 Å². The quantitative estimate of drug-likeness (QED) is 0.540. The molecule has 0 radical (unpaired) electrons. The first-order chi connectivity index (χ1) is 6.61. The first-order valence-electron chi connectivity index (χ1n) is 4.71. The zero-order valence-corrected chi connectivity index (χ0v) is 8.82. The molecule has 0 aliphatic rings. The van der Waals surface area contributed by atoms with Crippen LogP contribution in [0.3, 0.4) is 0 Å². The lowest BCUT2D eigenvalue weighted by Crippen LogP contribution is -2.10. The minimum absolute atomic E-state index is 0.0757.